The second kappa shape index (κ2) is 8.52. The van der Waals surface area contributed by atoms with Crippen molar-refractivity contribution in [2.75, 3.05) is 31.5 Å². The molecule has 7 rings (SSSR count). The summed E-state index contributed by atoms with van der Waals surface area (Å²) in [6.07, 6.45) is 7.34. The summed E-state index contributed by atoms with van der Waals surface area (Å²) in [4.78, 5) is 31.4. The van der Waals surface area contributed by atoms with Gasteiger partial charge in [-0.3, -0.25) is 14.5 Å². The van der Waals surface area contributed by atoms with Crippen molar-refractivity contribution in [2.45, 2.75) is 51.5 Å². The largest absolute Gasteiger partial charge is 0.360 e. The maximum absolute atomic E-state index is 13.8. The molecule has 7 nitrogen and oxygen atoms in total. The van der Waals surface area contributed by atoms with Gasteiger partial charge in [0, 0.05) is 32.2 Å². The highest BCUT2D eigenvalue weighted by atomic mass is 16.5. The average Bonchev–Trinajstić information content (AvgIpc) is 3.23. The minimum atomic E-state index is -0.435. The number of hydrogen-bond acceptors (Lipinski definition) is 5. The molecule has 2 aromatic rings. The predicted octanol–water partition coefficient (Wildman–Crippen LogP) is 4.02. The Morgan fingerprint density at radius 3 is 2.18 bits per heavy atom. The van der Waals surface area contributed by atoms with E-state index in [1.165, 1.54) is 19.3 Å². The number of aromatic nitrogens is 1. The van der Waals surface area contributed by atoms with E-state index in [4.69, 9.17) is 4.52 Å². The number of carbonyl (C=O) groups is 2. The molecular weight excluding hydrogens is 428 g/mol. The molecule has 180 valence electrons. The highest BCUT2D eigenvalue weighted by Crippen LogP contribution is 2.60. The molecule has 1 saturated heterocycles. The average molecular weight is 463 g/mol. The first-order chi connectivity index (χ1) is 16.5. The molecule has 5 fully saturated rings. The van der Waals surface area contributed by atoms with Crippen molar-refractivity contribution in [3.8, 4) is 0 Å². The van der Waals surface area contributed by atoms with Gasteiger partial charge in [-0.05, 0) is 68.8 Å². The van der Waals surface area contributed by atoms with Crippen molar-refractivity contribution in [3.63, 3.8) is 0 Å². The molecule has 34 heavy (non-hydrogen) atoms. The van der Waals surface area contributed by atoms with E-state index in [9.17, 15) is 9.59 Å². The smallest absolute Gasteiger partial charge is 0.247 e. The van der Waals surface area contributed by atoms with Crippen LogP contribution < -0.4 is 5.32 Å². The first-order valence-electron chi connectivity index (χ1n) is 12.8. The topological polar surface area (TPSA) is 78.7 Å². The van der Waals surface area contributed by atoms with E-state index in [0.29, 0.717) is 43.7 Å². The molecule has 4 aliphatic carbocycles. The molecule has 1 N–H and O–H groups in total. The molecule has 4 bridgehead atoms. The Balaban J connectivity index is 1.16. The first-order valence-corrected chi connectivity index (χ1v) is 12.8. The van der Waals surface area contributed by atoms with Crippen LogP contribution in [-0.4, -0.2) is 52.9 Å². The number of hydrogen-bond donors (Lipinski definition) is 1. The number of aryl methyl sites for hydroxylation is 1. The Morgan fingerprint density at radius 1 is 1.00 bits per heavy atom. The van der Waals surface area contributed by atoms with Gasteiger partial charge in [-0.1, -0.05) is 35.5 Å². The third kappa shape index (κ3) is 3.94. The van der Waals surface area contributed by atoms with Gasteiger partial charge in [-0.25, -0.2) is 0 Å². The molecule has 1 aromatic carbocycles. The zero-order valence-electron chi connectivity index (χ0n) is 19.9. The predicted molar refractivity (Wildman–Crippen MR) is 128 cm³/mol. The molecule has 1 aliphatic heterocycles. The van der Waals surface area contributed by atoms with Crippen LogP contribution in [0.2, 0.25) is 0 Å². The Bertz CT molecular complexity index is 1020. The quantitative estimate of drug-likeness (QED) is 0.726. The van der Waals surface area contributed by atoms with Gasteiger partial charge < -0.3 is 14.7 Å². The lowest BCUT2D eigenvalue weighted by Gasteiger charge is -2.57. The maximum atomic E-state index is 13.8. The van der Waals surface area contributed by atoms with Gasteiger partial charge in [0.25, 0.3) is 0 Å². The number of anilines is 1. The van der Waals surface area contributed by atoms with Crippen molar-refractivity contribution in [3.05, 3.63) is 47.7 Å². The monoisotopic (exact) mass is 462 g/mol. The molecule has 2 heterocycles. The van der Waals surface area contributed by atoms with Crippen LogP contribution in [0.5, 0.6) is 0 Å². The summed E-state index contributed by atoms with van der Waals surface area (Å²) in [5.41, 5.74) is 0.846. The van der Waals surface area contributed by atoms with E-state index in [2.05, 4.69) is 20.3 Å². The number of piperazine rings is 1. The van der Waals surface area contributed by atoms with Crippen LogP contribution >= 0.6 is 0 Å². The summed E-state index contributed by atoms with van der Waals surface area (Å²) in [7, 11) is 0. The Kier molecular flexibility index (Phi) is 5.47. The fourth-order valence-electron chi connectivity index (χ4n) is 7.67. The minimum Gasteiger partial charge on any atom is -0.360 e. The molecule has 0 spiro atoms. The molecule has 1 aromatic heterocycles. The molecule has 1 atom stereocenters. The van der Waals surface area contributed by atoms with Crippen LogP contribution in [0.4, 0.5) is 5.82 Å². The van der Waals surface area contributed by atoms with Gasteiger partial charge in [-0.2, -0.15) is 0 Å². The number of amides is 2. The number of carbonyl (C=O) groups excluding carboxylic acids is 2. The van der Waals surface area contributed by atoms with Gasteiger partial charge in [0.2, 0.25) is 11.8 Å². The number of nitrogens with zero attached hydrogens (tertiary/aromatic N) is 3. The summed E-state index contributed by atoms with van der Waals surface area (Å²) in [6.45, 7) is 4.53. The van der Waals surface area contributed by atoms with Crippen LogP contribution in [-0.2, 0) is 9.59 Å². The second-order valence-electron chi connectivity index (χ2n) is 11.2. The summed E-state index contributed by atoms with van der Waals surface area (Å²) in [6, 6.07) is 11.2. The van der Waals surface area contributed by atoms with Crippen molar-refractivity contribution >= 4 is 17.6 Å². The molecule has 2 amide bonds. The summed E-state index contributed by atoms with van der Waals surface area (Å²) in [5.74, 6) is 3.65. The van der Waals surface area contributed by atoms with Crippen molar-refractivity contribution in [1.29, 1.82) is 0 Å². The van der Waals surface area contributed by atoms with E-state index in [1.807, 2.05) is 30.3 Å². The highest BCUT2D eigenvalue weighted by Gasteiger charge is 2.55. The van der Waals surface area contributed by atoms with Crippen LogP contribution in [0.1, 0.15) is 55.9 Å². The number of benzene rings is 1. The fraction of sp³-hybridized carbons (Fsp3) is 0.593. The van der Waals surface area contributed by atoms with Gasteiger partial charge in [0.15, 0.2) is 5.82 Å². The van der Waals surface area contributed by atoms with Crippen molar-refractivity contribution < 1.29 is 14.1 Å². The van der Waals surface area contributed by atoms with E-state index >= 15 is 0 Å². The van der Waals surface area contributed by atoms with Crippen molar-refractivity contribution in [1.82, 2.24) is 15.0 Å². The van der Waals surface area contributed by atoms with E-state index in [0.717, 1.165) is 42.6 Å². The van der Waals surface area contributed by atoms with Crippen LogP contribution in [0.3, 0.4) is 0 Å². The zero-order valence-corrected chi connectivity index (χ0v) is 19.9. The lowest BCUT2D eigenvalue weighted by atomic mass is 9.49. The molecule has 1 unspecified atom stereocenters. The van der Waals surface area contributed by atoms with E-state index < -0.39 is 6.04 Å². The summed E-state index contributed by atoms with van der Waals surface area (Å²) >= 11 is 0. The maximum Gasteiger partial charge on any atom is 0.247 e. The van der Waals surface area contributed by atoms with Crippen LogP contribution in [0.15, 0.2) is 40.9 Å². The lowest BCUT2D eigenvalue weighted by molar-refractivity contribution is -0.159. The van der Waals surface area contributed by atoms with Crippen LogP contribution in [0.25, 0.3) is 0 Å². The number of rotatable bonds is 5. The first kappa shape index (κ1) is 21.8. The molecule has 4 saturated carbocycles. The highest BCUT2D eigenvalue weighted by molar-refractivity contribution is 5.94. The molecule has 7 heteroatoms. The van der Waals surface area contributed by atoms with Gasteiger partial charge in [0.1, 0.15) is 11.8 Å². The summed E-state index contributed by atoms with van der Waals surface area (Å²) < 4.78 is 5.11. The molecule has 5 aliphatic rings. The van der Waals surface area contributed by atoms with Gasteiger partial charge in [0.05, 0.1) is 5.41 Å². The molecular formula is C27H34N4O3. The third-order valence-electron chi connectivity index (χ3n) is 8.70. The minimum absolute atomic E-state index is 0.0993. The van der Waals surface area contributed by atoms with Gasteiger partial charge >= 0.3 is 0 Å². The SMILES string of the molecule is Cc1cc(NC(=O)C(c2ccccc2)N2CCN(C(=O)C34CC5CC(CC(C5)C3)C4)CC2)no1. The molecule has 0 radical (unpaired) electrons. The summed E-state index contributed by atoms with van der Waals surface area (Å²) in [5, 5.41) is 6.84. The zero-order chi connectivity index (χ0) is 23.3. The van der Waals surface area contributed by atoms with Crippen LogP contribution in [0, 0.1) is 30.1 Å². The van der Waals surface area contributed by atoms with Crippen molar-refractivity contribution in [2.24, 2.45) is 23.2 Å². The normalized spacial score (nSPS) is 31.4. The standard InChI is InChI=1S/C27H34N4O3/c1-18-11-23(29-34-18)28-25(32)24(22-5-3-2-4-6-22)30-7-9-31(10-8-30)26(33)27-15-19-12-20(16-27)14-21(13-19)17-27/h2-6,11,19-21,24H,7-10,12-17H2,1H3,(H,28,29,32). The fourth-order valence-corrected chi connectivity index (χ4v) is 7.67. The Morgan fingerprint density at radius 2 is 1.62 bits per heavy atom. The van der Waals surface area contributed by atoms with E-state index in [1.54, 1.807) is 13.0 Å². The lowest BCUT2D eigenvalue weighted by Crippen LogP contribution is -2.58. The Labute approximate surface area is 200 Å². The Hall–Kier alpha value is -2.67. The number of nitrogens with one attached hydrogen (secondary N) is 1. The third-order valence-corrected chi connectivity index (χ3v) is 8.70. The second-order valence-corrected chi connectivity index (χ2v) is 11.2. The van der Waals surface area contributed by atoms with E-state index in [-0.39, 0.29) is 11.3 Å². The van der Waals surface area contributed by atoms with Gasteiger partial charge in [-0.15, -0.1) is 0 Å².